The molecule has 0 saturated heterocycles. The number of aromatic amines is 1. The molecule has 2 N–H and O–H groups in total. The van der Waals surface area contributed by atoms with Crippen LogP contribution in [0.1, 0.15) is 5.56 Å². The Morgan fingerprint density at radius 3 is 2.68 bits per heavy atom. The highest BCUT2D eigenvalue weighted by Gasteiger charge is 2.11. The fourth-order valence-electron chi connectivity index (χ4n) is 1.61. The average molecular weight is 261 g/mol. The third-order valence-corrected chi connectivity index (χ3v) is 2.50. The van der Waals surface area contributed by atoms with Crippen molar-refractivity contribution in [2.24, 2.45) is 0 Å². The Morgan fingerprint density at radius 1 is 1.32 bits per heavy atom. The Balaban J connectivity index is 2.21. The zero-order valence-corrected chi connectivity index (χ0v) is 10.8. The largest absolute Gasteiger partial charge is 0.487 e. The highest BCUT2D eigenvalue weighted by Crippen LogP contribution is 2.25. The highest BCUT2D eigenvalue weighted by molar-refractivity contribution is 5.36. The maximum atomic E-state index is 11.5. The number of nitrogens with zero attached hydrogens (tertiary/aromatic N) is 1. The van der Waals surface area contributed by atoms with Gasteiger partial charge in [-0.3, -0.25) is 4.79 Å². The van der Waals surface area contributed by atoms with Crippen LogP contribution in [0.15, 0.2) is 35.4 Å². The molecule has 6 heteroatoms. The van der Waals surface area contributed by atoms with E-state index < -0.39 is 0 Å². The zero-order valence-electron chi connectivity index (χ0n) is 10.8. The van der Waals surface area contributed by atoms with Crippen LogP contribution in [-0.2, 0) is 6.54 Å². The van der Waals surface area contributed by atoms with E-state index in [0.717, 1.165) is 12.1 Å². The Labute approximate surface area is 110 Å². The fourth-order valence-corrected chi connectivity index (χ4v) is 1.61. The maximum absolute atomic E-state index is 11.5. The van der Waals surface area contributed by atoms with Crippen LogP contribution < -0.4 is 20.3 Å². The first kappa shape index (κ1) is 13.1. The van der Waals surface area contributed by atoms with Gasteiger partial charge in [-0.15, -0.1) is 0 Å². The predicted molar refractivity (Wildman–Crippen MR) is 70.7 cm³/mol. The summed E-state index contributed by atoms with van der Waals surface area (Å²) in [6.45, 7) is 0.785. The zero-order chi connectivity index (χ0) is 13.7. The molecule has 0 aliphatic heterocycles. The number of hydrogen-bond acceptors (Lipinski definition) is 5. The lowest BCUT2D eigenvalue weighted by atomic mass is 10.2. The van der Waals surface area contributed by atoms with Gasteiger partial charge in [0.15, 0.2) is 0 Å². The molecule has 2 rings (SSSR count). The van der Waals surface area contributed by atoms with Crippen molar-refractivity contribution in [2.75, 3.05) is 14.2 Å². The molecule has 19 heavy (non-hydrogen) atoms. The van der Waals surface area contributed by atoms with E-state index in [1.807, 2.05) is 31.3 Å². The van der Waals surface area contributed by atoms with Crippen molar-refractivity contribution in [1.82, 2.24) is 15.3 Å². The summed E-state index contributed by atoms with van der Waals surface area (Å²) in [6.07, 6.45) is 1.27. The van der Waals surface area contributed by atoms with Crippen molar-refractivity contribution in [3.63, 3.8) is 0 Å². The second-order valence-corrected chi connectivity index (χ2v) is 3.85. The molecule has 0 unspecified atom stereocenters. The van der Waals surface area contributed by atoms with Crippen LogP contribution >= 0.6 is 0 Å². The van der Waals surface area contributed by atoms with E-state index in [1.54, 1.807) is 0 Å². The third-order valence-electron chi connectivity index (χ3n) is 2.50. The molecular weight excluding hydrogens is 246 g/mol. The van der Waals surface area contributed by atoms with Crippen LogP contribution in [0.3, 0.4) is 0 Å². The van der Waals surface area contributed by atoms with Crippen LogP contribution in [0.5, 0.6) is 17.4 Å². The fraction of sp³-hybridized carbons (Fsp3) is 0.231. The molecule has 1 aromatic carbocycles. The molecule has 0 spiro atoms. The molecule has 0 amide bonds. The summed E-state index contributed by atoms with van der Waals surface area (Å²) in [5.74, 6) is 0.797. The van der Waals surface area contributed by atoms with Gasteiger partial charge < -0.3 is 19.8 Å². The summed E-state index contributed by atoms with van der Waals surface area (Å²) >= 11 is 0. The number of H-pyrrole nitrogens is 1. The van der Waals surface area contributed by atoms with E-state index in [0.29, 0.717) is 5.75 Å². The number of rotatable bonds is 5. The minimum Gasteiger partial charge on any atom is -0.487 e. The van der Waals surface area contributed by atoms with Crippen molar-refractivity contribution >= 4 is 0 Å². The van der Waals surface area contributed by atoms with E-state index in [-0.39, 0.29) is 17.2 Å². The van der Waals surface area contributed by atoms with E-state index in [9.17, 15) is 4.79 Å². The Kier molecular flexibility index (Phi) is 4.15. The van der Waals surface area contributed by atoms with Gasteiger partial charge in [-0.1, -0.05) is 12.1 Å². The number of benzene rings is 1. The van der Waals surface area contributed by atoms with Gasteiger partial charge in [0.05, 0.1) is 13.4 Å². The molecule has 1 heterocycles. The van der Waals surface area contributed by atoms with Crippen molar-refractivity contribution in [2.45, 2.75) is 6.54 Å². The molecule has 0 aliphatic rings. The molecule has 0 saturated carbocycles. The van der Waals surface area contributed by atoms with Crippen LogP contribution in [0.2, 0.25) is 0 Å². The summed E-state index contributed by atoms with van der Waals surface area (Å²) in [5.41, 5.74) is 0.764. The first-order chi connectivity index (χ1) is 9.24. The van der Waals surface area contributed by atoms with Gasteiger partial charge >= 0.3 is 0 Å². The summed E-state index contributed by atoms with van der Waals surface area (Å²) in [5, 5.41) is 3.06. The molecule has 6 nitrogen and oxygen atoms in total. The lowest BCUT2D eigenvalue weighted by Crippen LogP contribution is -2.11. The summed E-state index contributed by atoms with van der Waals surface area (Å²) in [4.78, 5) is 17.9. The van der Waals surface area contributed by atoms with Crippen LogP contribution in [-0.4, -0.2) is 24.1 Å². The number of ether oxygens (including phenoxy) is 2. The number of methoxy groups -OCH3 is 1. The number of nitrogens with one attached hydrogen (secondary N) is 2. The van der Waals surface area contributed by atoms with Crippen molar-refractivity contribution in [1.29, 1.82) is 0 Å². The van der Waals surface area contributed by atoms with Gasteiger partial charge in [0.25, 0.3) is 11.4 Å². The van der Waals surface area contributed by atoms with E-state index in [1.165, 1.54) is 13.4 Å². The molecule has 1 aromatic heterocycles. The van der Waals surface area contributed by atoms with Gasteiger partial charge in [0.2, 0.25) is 5.75 Å². The summed E-state index contributed by atoms with van der Waals surface area (Å²) in [6, 6.07) is 7.50. The number of hydrogen-bond donors (Lipinski definition) is 2. The van der Waals surface area contributed by atoms with Crippen LogP contribution in [0.4, 0.5) is 0 Å². The predicted octanol–water partition coefficient (Wildman–Crippen LogP) is 1.29. The van der Waals surface area contributed by atoms with Gasteiger partial charge in [-0.2, -0.15) is 0 Å². The first-order valence-corrected chi connectivity index (χ1v) is 5.77. The Morgan fingerprint density at radius 2 is 2.05 bits per heavy atom. The first-order valence-electron chi connectivity index (χ1n) is 5.77. The minimum absolute atomic E-state index is 0.0572. The standard InChI is InChI=1S/C13H15N3O3/c1-14-7-9-3-5-10(6-4-9)19-13-11(18-2)12(17)15-8-16-13/h3-6,8,14H,7H2,1-2H3,(H,15,16,17). The lowest BCUT2D eigenvalue weighted by molar-refractivity contribution is 0.363. The van der Waals surface area contributed by atoms with E-state index in [4.69, 9.17) is 9.47 Å². The third kappa shape index (κ3) is 3.11. The quantitative estimate of drug-likeness (QED) is 0.848. The second-order valence-electron chi connectivity index (χ2n) is 3.85. The normalized spacial score (nSPS) is 10.2. The van der Waals surface area contributed by atoms with Gasteiger partial charge in [0.1, 0.15) is 5.75 Å². The van der Waals surface area contributed by atoms with Crippen molar-refractivity contribution < 1.29 is 9.47 Å². The molecule has 0 bridgehead atoms. The monoisotopic (exact) mass is 261 g/mol. The van der Waals surface area contributed by atoms with Gasteiger partial charge in [-0.25, -0.2) is 4.98 Å². The van der Waals surface area contributed by atoms with Gasteiger partial charge in [0, 0.05) is 6.54 Å². The molecule has 0 radical (unpaired) electrons. The topological polar surface area (TPSA) is 76.2 Å². The minimum atomic E-state index is -0.376. The number of aromatic nitrogens is 2. The van der Waals surface area contributed by atoms with Crippen molar-refractivity contribution in [3.8, 4) is 17.4 Å². The summed E-state index contributed by atoms with van der Waals surface area (Å²) < 4.78 is 10.5. The molecule has 2 aromatic rings. The average Bonchev–Trinajstić information content (AvgIpc) is 2.42. The molecule has 0 atom stereocenters. The second kappa shape index (κ2) is 6.01. The van der Waals surface area contributed by atoms with Crippen LogP contribution in [0.25, 0.3) is 0 Å². The SMILES string of the molecule is CNCc1ccc(Oc2nc[nH]c(=O)c2OC)cc1. The Hall–Kier alpha value is -2.34. The Bertz CT molecular complexity index is 593. The molecule has 0 aliphatic carbocycles. The highest BCUT2D eigenvalue weighted by atomic mass is 16.5. The smallest absolute Gasteiger partial charge is 0.297 e. The maximum Gasteiger partial charge on any atom is 0.297 e. The van der Waals surface area contributed by atoms with E-state index >= 15 is 0 Å². The molecule has 100 valence electrons. The lowest BCUT2D eigenvalue weighted by Gasteiger charge is -2.08. The summed E-state index contributed by atoms with van der Waals surface area (Å²) in [7, 11) is 3.28. The van der Waals surface area contributed by atoms with E-state index in [2.05, 4.69) is 15.3 Å². The van der Waals surface area contributed by atoms with Crippen molar-refractivity contribution in [3.05, 3.63) is 46.5 Å². The van der Waals surface area contributed by atoms with Gasteiger partial charge in [-0.05, 0) is 24.7 Å². The molecule has 0 fully saturated rings. The van der Waals surface area contributed by atoms with Crippen LogP contribution in [0, 0.1) is 0 Å². The molecular formula is C13H15N3O3.